The van der Waals surface area contributed by atoms with E-state index < -0.39 is 0 Å². The summed E-state index contributed by atoms with van der Waals surface area (Å²) in [6.07, 6.45) is 2.54. The number of phenols is 1. The van der Waals surface area contributed by atoms with E-state index in [1.54, 1.807) is 6.07 Å². The Bertz CT molecular complexity index is 248. The Labute approximate surface area is 84.2 Å². The van der Waals surface area contributed by atoms with Crippen molar-refractivity contribution in [2.45, 2.75) is 25.5 Å². The second-order valence-corrected chi connectivity index (χ2v) is 4.18. The average Bonchev–Trinajstić information content (AvgIpc) is 2.13. The van der Waals surface area contributed by atoms with Crippen LogP contribution in [-0.4, -0.2) is 10.9 Å². The van der Waals surface area contributed by atoms with Gasteiger partial charge in [0.25, 0.3) is 0 Å². The molecule has 0 aromatic heterocycles. The summed E-state index contributed by atoms with van der Waals surface area (Å²) in [4.78, 5) is 0. The molecule has 1 rings (SSSR count). The van der Waals surface area contributed by atoms with Crippen molar-refractivity contribution in [3.8, 4) is 5.75 Å². The Morgan fingerprint density at radius 2 is 2.23 bits per heavy atom. The van der Waals surface area contributed by atoms with Gasteiger partial charge in [-0.1, -0.05) is 25.5 Å². The van der Waals surface area contributed by atoms with Gasteiger partial charge in [-0.05, 0) is 29.9 Å². The highest BCUT2D eigenvalue weighted by Gasteiger charge is 1.94. The van der Waals surface area contributed by atoms with Gasteiger partial charge in [-0.3, -0.25) is 0 Å². The maximum Gasteiger partial charge on any atom is 0.115 e. The summed E-state index contributed by atoms with van der Waals surface area (Å²) >= 11 is 1.93. The molecule has 0 heterocycles. The molecular formula is C11H16OS. The zero-order chi connectivity index (χ0) is 9.52. The monoisotopic (exact) mass is 196 g/mol. The Balaban J connectivity index is 2.28. The number of phenolic OH excluding ortho intramolecular Hbond substituents is 1. The zero-order valence-electron chi connectivity index (χ0n) is 7.99. The minimum absolute atomic E-state index is 0.369. The summed E-state index contributed by atoms with van der Waals surface area (Å²) < 4.78 is 0. The fraction of sp³-hybridized carbons (Fsp3) is 0.455. The van der Waals surface area contributed by atoms with Crippen LogP contribution in [0.25, 0.3) is 0 Å². The lowest BCUT2D eigenvalue weighted by molar-refractivity contribution is 0.475. The van der Waals surface area contributed by atoms with Crippen molar-refractivity contribution in [2.75, 3.05) is 5.75 Å². The van der Waals surface area contributed by atoms with Crippen molar-refractivity contribution in [3.05, 3.63) is 29.8 Å². The van der Waals surface area contributed by atoms with E-state index >= 15 is 0 Å². The largest absolute Gasteiger partial charge is 0.508 e. The minimum Gasteiger partial charge on any atom is -0.508 e. The van der Waals surface area contributed by atoms with Crippen LogP contribution in [0.2, 0.25) is 0 Å². The fourth-order valence-electron chi connectivity index (χ4n) is 1.08. The highest BCUT2D eigenvalue weighted by atomic mass is 32.2. The first kappa shape index (κ1) is 10.5. The van der Waals surface area contributed by atoms with Crippen LogP contribution in [0.3, 0.4) is 0 Å². The minimum atomic E-state index is 0.369. The van der Waals surface area contributed by atoms with Crippen LogP contribution in [-0.2, 0) is 5.75 Å². The predicted octanol–water partition coefficient (Wildman–Crippen LogP) is 3.43. The lowest BCUT2D eigenvalue weighted by Crippen LogP contribution is -1.82. The molecule has 0 amide bonds. The third kappa shape index (κ3) is 4.23. The van der Waals surface area contributed by atoms with Gasteiger partial charge in [0.05, 0.1) is 0 Å². The van der Waals surface area contributed by atoms with E-state index in [1.165, 1.54) is 24.2 Å². The summed E-state index contributed by atoms with van der Waals surface area (Å²) in [6, 6.07) is 7.49. The average molecular weight is 196 g/mol. The van der Waals surface area contributed by atoms with Crippen LogP contribution >= 0.6 is 11.8 Å². The molecular weight excluding hydrogens is 180 g/mol. The molecule has 0 atom stereocenters. The lowest BCUT2D eigenvalue weighted by Gasteiger charge is -2.01. The molecule has 0 saturated heterocycles. The van der Waals surface area contributed by atoms with Crippen LogP contribution in [0.1, 0.15) is 25.3 Å². The molecule has 0 saturated carbocycles. The quantitative estimate of drug-likeness (QED) is 0.728. The van der Waals surface area contributed by atoms with Crippen LogP contribution in [0.4, 0.5) is 0 Å². The van der Waals surface area contributed by atoms with Crippen LogP contribution < -0.4 is 0 Å². The van der Waals surface area contributed by atoms with Crippen molar-refractivity contribution in [1.29, 1.82) is 0 Å². The van der Waals surface area contributed by atoms with Gasteiger partial charge in [0.2, 0.25) is 0 Å². The van der Waals surface area contributed by atoms with E-state index in [4.69, 9.17) is 0 Å². The van der Waals surface area contributed by atoms with Crippen LogP contribution in [0, 0.1) is 0 Å². The Morgan fingerprint density at radius 3 is 2.92 bits per heavy atom. The van der Waals surface area contributed by atoms with Crippen LogP contribution in [0.5, 0.6) is 5.75 Å². The Kier molecular flexibility index (Phi) is 4.76. The van der Waals surface area contributed by atoms with E-state index in [0.29, 0.717) is 5.75 Å². The lowest BCUT2D eigenvalue weighted by atomic mass is 10.2. The van der Waals surface area contributed by atoms with Crippen molar-refractivity contribution < 1.29 is 5.11 Å². The Morgan fingerprint density at radius 1 is 1.38 bits per heavy atom. The molecule has 2 heteroatoms. The third-order valence-corrected chi connectivity index (χ3v) is 2.94. The molecule has 1 N–H and O–H groups in total. The highest BCUT2D eigenvalue weighted by molar-refractivity contribution is 7.98. The number of aromatic hydroxyl groups is 1. The fourth-order valence-corrected chi connectivity index (χ4v) is 2.14. The first-order valence-corrected chi connectivity index (χ1v) is 5.84. The number of hydrogen-bond donors (Lipinski definition) is 1. The molecule has 0 aliphatic rings. The van der Waals surface area contributed by atoms with Crippen molar-refractivity contribution in [1.82, 2.24) is 0 Å². The summed E-state index contributed by atoms with van der Waals surface area (Å²) in [7, 11) is 0. The number of rotatable bonds is 5. The molecule has 0 fully saturated rings. The number of hydrogen-bond acceptors (Lipinski definition) is 2. The molecule has 0 bridgehead atoms. The molecule has 72 valence electrons. The van der Waals surface area contributed by atoms with Gasteiger partial charge < -0.3 is 5.11 Å². The predicted molar refractivity (Wildman–Crippen MR) is 59.2 cm³/mol. The first-order chi connectivity index (χ1) is 6.33. The smallest absolute Gasteiger partial charge is 0.115 e. The van der Waals surface area contributed by atoms with Gasteiger partial charge in [-0.25, -0.2) is 0 Å². The van der Waals surface area contributed by atoms with E-state index in [2.05, 4.69) is 13.0 Å². The molecule has 0 unspecified atom stereocenters. The molecule has 1 aromatic rings. The van der Waals surface area contributed by atoms with E-state index in [0.717, 1.165) is 5.75 Å². The Hall–Kier alpha value is -0.630. The summed E-state index contributed by atoms with van der Waals surface area (Å²) in [5.41, 5.74) is 1.21. The van der Waals surface area contributed by atoms with Gasteiger partial charge >= 0.3 is 0 Å². The SMILES string of the molecule is CCCCSCc1cccc(O)c1. The standard InChI is InChI=1S/C11H16OS/c1-2-3-7-13-9-10-5-4-6-11(12)8-10/h4-6,8,12H,2-3,7,9H2,1H3. The van der Waals surface area contributed by atoms with Gasteiger partial charge in [-0.2, -0.15) is 11.8 Å². The van der Waals surface area contributed by atoms with E-state index in [-0.39, 0.29) is 0 Å². The number of benzene rings is 1. The van der Waals surface area contributed by atoms with Crippen molar-refractivity contribution >= 4 is 11.8 Å². The molecule has 0 spiro atoms. The summed E-state index contributed by atoms with van der Waals surface area (Å²) in [5.74, 6) is 2.59. The summed E-state index contributed by atoms with van der Waals surface area (Å²) in [5, 5.41) is 9.21. The van der Waals surface area contributed by atoms with Gasteiger partial charge in [0.15, 0.2) is 0 Å². The van der Waals surface area contributed by atoms with Crippen LogP contribution in [0.15, 0.2) is 24.3 Å². The van der Waals surface area contributed by atoms with E-state index in [9.17, 15) is 5.11 Å². The topological polar surface area (TPSA) is 20.2 Å². The highest BCUT2D eigenvalue weighted by Crippen LogP contribution is 2.17. The van der Waals surface area contributed by atoms with Gasteiger partial charge in [-0.15, -0.1) is 0 Å². The molecule has 0 aliphatic heterocycles. The summed E-state index contributed by atoms with van der Waals surface area (Å²) in [6.45, 7) is 2.20. The van der Waals surface area contributed by atoms with Crippen molar-refractivity contribution in [2.24, 2.45) is 0 Å². The molecule has 0 aliphatic carbocycles. The van der Waals surface area contributed by atoms with Gasteiger partial charge in [0.1, 0.15) is 5.75 Å². The normalized spacial score (nSPS) is 10.2. The first-order valence-electron chi connectivity index (χ1n) is 4.68. The third-order valence-electron chi connectivity index (χ3n) is 1.82. The molecule has 1 aromatic carbocycles. The van der Waals surface area contributed by atoms with Crippen molar-refractivity contribution in [3.63, 3.8) is 0 Å². The van der Waals surface area contributed by atoms with E-state index in [1.807, 2.05) is 23.9 Å². The number of unbranched alkanes of at least 4 members (excludes halogenated alkanes) is 1. The van der Waals surface area contributed by atoms with Gasteiger partial charge in [0, 0.05) is 5.75 Å². The maximum atomic E-state index is 9.21. The second-order valence-electron chi connectivity index (χ2n) is 3.08. The maximum absolute atomic E-state index is 9.21. The molecule has 1 nitrogen and oxygen atoms in total. The zero-order valence-corrected chi connectivity index (χ0v) is 8.81. The second kappa shape index (κ2) is 5.92. The number of thioether (sulfide) groups is 1. The molecule has 0 radical (unpaired) electrons. The molecule has 13 heavy (non-hydrogen) atoms.